The largest absolute Gasteiger partial charge is 0.392 e. The average molecular weight is 465 g/mol. The van der Waals surface area contributed by atoms with Crippen molar-refractivity contribution in [2.75, 3.05) is 39.0 Å². The number of aliphatic hydroxyl groups excluding tert-OH is 1. The van der Waals surface area contributed by atoms with Crippen LogP contribution in [-0.4, -0.2) is 71.5 Å². The first-order chi connectivity index (χ1) is 15.0. The first-order valence-corrected chi connectivity index (χ1v) is 12.7. The number of carbonyl (C=O) groups is 2. The van der Waals surface area contributed by atoms with Crippen LogP contribution in [0.1, 0.15) is 63.9 Å². The summed E-state index contributed by atoms with van der Waals surface area (Å²) in [5.74, 6) is -0.0313. The molecule has 1 heterocycles. The van der Waals surface area contributed by atoms with Crippen LogP contribution in [0.5, 0.6) is 0 Å². The van der Waals surface area contributed by atoms with Crippen molar-refractivity contribution in [2.45, 2.75) is 65.9 Å². The van der Waals surface area contributed by atoms with Gasteiger partial charge in [-0.1, -0.05) is 20.8 Å². The van der Waals surface area contributed by atoms with Crippen molar-refractivity contribution < 1.29 is 14.7 Å². The van der Waals surface area contributed by atoms with E-state index in [0.29, 0.717) is 24.8 Å². The molecule has 8 heteroatoms. The Bertz CT molecular complexity index is 837. The Labute approximate surface area is 196 Å². The van der Waals surface area contributed by atoms with Gasteiger partial charge >= 0.3 is 0 Å². The number of likely N-dealkylation sites (N-methyl/N-ethyl adjacent to an activating group) is 1. The fraction of sp³-hybridized carbons (Fsp3) is 0.792. The normalized spacial score (nSPS) is 30.4. The number of nitrogens with one attached hydrogen (secondary N) is 1. The molecule has 2 aliphatic rings. The number of anilines is 1. The molecule has 2 amide bonds. The van der Waals surface area contributed by atoms with Crippen LogP contribution in [-0.2, 0) is 16.0 Å². The van der Waals surface area contributed by atoms with E-state index in [4.69, 9.17) is 4.98 Å². The highest BCUT2D eigenvalue weighted by atomic mass is 32.1. The summed E-state index contributed by atoms with van der Waals surface area (Å²) in [7, 11) is 3.73. The third kappa shape index (κ3) is 4.73. The fourth-order valence-electron chi connectivity index (χ4n) is 6.05. The number of nitrogens with zero attached hydrogens (tertiary/aromatic N) is 3. The molecule has 0 radical (unpaired) electrons. The zero-order chi connectivity index (χ0) is 23.8. The molecule has 180 valence electrons. The Hall–Kier alpha value is -1.51. The van der Waals surface area contributed by atoms with Crippen molar-refractivity contribution in [3.63, 3.8) is 0 Å². The van der Waals surface area contributed by atoms with Crippen molar-refractivity contribution in [2.24, 2.45) is 23.2 Å². The van der Waals surface area contributed by atoms with Gasteiger partial charge in [-0.2, -0.15) is 0 Å². The minimum atomic E-state index is -0.542. The topological polar surface area (TPSA) is 85.8 Å². The van der Waals surface area contributed by atoms with Gasteiger partial charge in [0.25, 0.3) is 0 Å². The molecule has 32 heavy (non-hydrogen) atoms. The molecule has 1 saturated carbocycles. The second kappa shape index (κ2) is 9.77. The molecule has 3 rings (SSSR count). The molecule has 0 aromatic carbocycles. The van der Waals surface area contributed by atoms with Crippen LogP contribution in [0, 0.1) is 23.2 Å². The first-order valence-electron chi connectivity index (χ1n) is 11.9. The molecular formula is C24H40N4O3S. The summed E-state index contributed by atoms with van der Waals surface area (Å²) in [5, 5.41) is 15.1. The van der Waals surface area contributed by atoms with Crippen LogP contribution in [0.3, 0.4) is 0 Å². The quantitative estimate of drug-likeness (QED) is 0.647. The highest BCUT2D eigenvalue weighted by molar-refractivity contribution is 7.15. The third-order valence-electron chi connectivity index (χ3n) is 7.74. The van der Waals surface area contributed by atoms with Gasteiger partial charge < -0.3 is 20.2 Å². The van der Waals surface area contributed by atoms with E-state index >= 15 is 0 Å². The van der Waals surface area contributed by atoms with E-state index in [1.165, 1.54) is 4.88 Å². The van der Waals surface area contributed by atoms with Crippen LogP contribution in [0.25, 0.3) is 0 Å². The minimum absolute atomic E-state index is 0.0300. The number of hydrogen-bond acceptors (Lipinski definition) is 6. The second-order valence-electron chi connectivity index (χ2n) is 10.3. The zero-order valence-electron chi connectivity index (χ0n) is 20.6. The second-order valence-corrected chi connectivity index (χ2v) is 11.3. The summed E-state index contributed by atoms with van der Waals surface area (Å²) in [6.07, 6.45) is 2.16. The lowest BCUT2D eigenvalue weighted by Crippen LogP contribution is -2.53. The highest BCUT2D eigenvalue weighted by Gasteiger charge is 2.54. The van der Waals surface area contributed by atoms with E-state index < -0.39 is 6.10 Å². The molecule has 1 aromatic rings. The smallest absolute Gasteiger partial charge is 0.240 e. The van der Waals surface area contributed by atoms with Crippen molar-refractivity contribution >= 4 is 28.3 Å². The zero-order valence-corrected chi connectivity index (χ0v) is 21.5. The number of rotatable bonds is 7. The van der Waals surface area contributed by atoms with Crippen molar-refractivity contribution in [3.8, 4) is 0 Å². The fourth-order valence-corrected chi connectivity index (χ4v) is 7.33. The number of carbonyl (C=O) groups excluding carboxylic acids is 2. The van der Waals surface area contributed by atoms with Gasteiger partial charge in [-0.3, -0.25) is 9.59 Å². The van der Waals surface area contributed by atoms with Gasteiger partial charge in [-0.25, -0.2) is 4.98 Å². The number of thiazole rings is 1. The lowest BCUT2D eigenvalue weighted by molar-refractivity contribution is -0.144. The predicted molar refractivity (Wildman–Crippen MR) is 129 cm³/mol. The van der Waals surface area contributed by atoms with Crippen LogP contribution in [0.15, 0.2) is 0 Å². The van der Waals surface area contributed by atoms with Crippen molar-refractivity contribution in [1.29, 1.82) is 0 Å². The van der Waals surface area contributed by atoms with Gasteiger partial charge in [0.05, 0.1) is 18.3 Å². The predicted octanol–water partition coefficient (Wildman–Crippen LogP) is 3.20. The van der Waals surface area contributed by atoms with E-state index in [0.717, 1.165) is 25.0 Å². The number of fused-ring (bicyclic) bond motifs is 2. The molecule has 0 unspecified atom stereocenters. The van der Waals surface area contributed by atoms with Gasteiger partial charge in [0, 0.05) is 29.8 Å². The Morgan fingerprint density at radius 2 is 1.97 bits per heavy atom. The molecule has 7 nitrogen and oxygen atoms in total. The molecular weight excluding hydrogens is 424 g/mol. The number of aliphatic hydroxyl groups is 1. The van der Waals surface area contributed by atoms with E-state index in [1.54, 1.807) is 11.3 Å². The molecule has 2 N–H and O–H groups in total. The number of amides is 2. The summed E-state index contributed by atoms with van der Waals surface area (Å²) >= 11 is 1.57. The molecule has 0 aliphatic heterocycles. The van der Waals surface area contributed by atoms with Gasteiger partial charge in [-0.05, 0) is 64.5 Å². The SMILES string of the molecule is CCN(CC)C(=O)[C@@H](C)[C@H]1CC[C@@]2(C)Cc3sc(NC(=O)CN(C)C)nc3[C@@H](C)[C@@H]2[C@H]1O. The van der Waals surface area contributed by atoms with Crippen molar-refractivity contribution in [1.82, 2.24) is 14.8 Å². The number of hydrogen-bond donors (Lipinski definition) is 2. The van der Waals surface area contributed by atoms with Crippen LogP contribution >= 0.6 is 11.3 Å². The van der Waals surface area contributed by atoms with E-state index in [2.05, 4.69) is 19.2 Å². The Morgan fingerprint density at radius 3 is 2.56 bits per heavy atom. The van der Waals surface area contributed by atoms with E-state index in [1.807, 2.05) is 44.7 Å². The molecule has 1 fully saturated rings. The van der Waals surface area contributed by atoms with E-state index in [9.17, 15) is 14.7 Å². The molecule has 0 bridgehead atoms. The monoisotopic (exact) mass is 464 g/mol. The summed E-state index contributed by atoms with van der Waals surface area (Å²) in [4.78, 5) is 34.9. The summed E-state index contributed by atoms with van der Waals surface area (Å²) in [6.45, 7) is 12.1. The summed E-state index contributed by atoms with van der Waals surface area (Å²) in [6, 6.07) is 0. The summed E-state index contributed by atoms with van der Waals surface area (Å²) in [5.41, 5.74) is 0.970. The molecule has 1 aromatic heterocycles. The number of aromatic nitrogens is 1. The molecule has 2 aliphatic carbocycles. The average Bonchev–Trinajstić information content (AvgIpc) is 3.09. The Morgan fingerprint density at radius 1 is 1.31 bits per heavy atom. The van der Waals surface area contributed by atoms with E-state index in [-0.39, 0.29) is 40.9 Å². The first kappa shape index (κ1) is 25.1. The third-order valence-corrected chi connectivity index (χ3v) is 8.72. The van der Waals surface area contributed by atoms with Crippen LogP contribution < -0.4 is 5.32 Å². The molecule has 0 spiro atoms. The standard InChI is InChI=1S/C24H40N4O3S/c1-8-28(9-2)22(31)14(3)16-10-11-24(5)12-17-20(15(4)19(24)21(16)30)26-23(32-17)25-18(29)13-27(6)7/h14-16,19,21,30H,8-13H2,1-7H3,(H,25,26,29)/t14-,15-,16+,19+,21-,24-/m0/s1. The highest BCUT2D eigenvalue weighted by Crippen LogP contribution is 2.57. The molecule has 6 atom stereocenters. The van der Waals surface area contributed by atoms with Crippen LogP contribution in [0.2, 0.25) is 0 Å². The van der Waals surface area contributed by atoms with Crippen LogP contribution in [0.4, 0.5) is 5.13 Å². The van der Waals surface area contributed by atoms with Gasteiger partial charge in [0.2, 0.25) is 11.8 Å². The van der Waals surface area contributed by atoms with Gasteiger partial charge in [-0.15, -0.1) is 11.3 Å². The van der Waals surface area contributed by atoms with Crippen molar-refractivity contribution in [3.05, 3.63) is 10.6 Å². The lowest BCUT2D eigenvalue weighted by Gasteiger charge is -2.53. The Kier molecular flexibility index (Phi) is 7.67. The summed E-state index contributed by atoms with van der Waals surface area (Å²) < 4.78 is 0. The lowest BCUT2D eigenvalue weighted by atomic mass is 9.53. The van der Waals surface area contributed by atoms with Gasteiger partial charge in [0.1, 0.15) is 0 Å². The maximum absolute atomic E-state index is 13.0. The Balaban J connectivity index is 1.82. The van der Waals surface area contributed by atoms with Gasteiger partial charge in [0.15, 0.2) is 5.13 Å². The molecule has 0 saturated heterocycles. The minimum Gasteiger partial charge on any atom is -0.392 e. The maximum Gasteiger partial charge on any atom is 0.240 e. The maximum atomic E-state index is 13.0.